The topological polar surface area (TPSA) is 100 Å². The smallest absolute Gasteiger partial charge is 0.272 e. The lowest BCUT2D eigenvalue weighted by Crippen LogP contribution is -2.50. The standard InChI is InChI=1S/C29H31N3O5S/c1-21-18-32(22(2)20-33)38(35,36)28-15-14-24(13-12-23-9-5-4-6-10-23)17-26(28)37-27(21)19-31(3)29(34)25-11-7-8-16-30-25/h4-11,14-17,21-22,27,33H,18-20H2,1-3H3/t21-,22+,27-/m0/s1. The van der Waals surface area contributed by atoms with E-state index in [1.807, 2.05) is 37.3 Å². The van der Waals surface area contributed by atoms with Crippen LogP contribution in [0.25, 0.3) is 0 Å². The van der Waals surface area contributed by atoms with Gasteiger partial charge >= 0.3 is 0 Å². The second-order valence-corrected chi connectivity index (χ2v) is 11.3. The number of hydrogen-bond donors (Lipinski definition) is 1. The minimum absolute atomic E-state index is 0.00123. The Hall–Kier alpha value is -3.71. The maximum atomic E-state index is 13.7. The molecule has 38 heavy (non-hydrogen) atoms. The second-order valence-electron chi connectivity index (χ2n) is 9.42. The molecule has 3 atom stereocenters. The van der Waals surface area contributed by atoms with E-state index in [1.165, 1.54) is 15.3 Å². The van der Waals surface area contributed by atoms with Gasteiger partial charge < -0.3 is 14.7 Å². The van der Waals surface area contributed by atoms with Gasteiger partial charge in [0.05, 0.1) is 13.2 Å². The number of benzene rings is 2. The number of carbonyl (C=O) groups excluding carboxylic acids is 1. The average molecular weight is 534 g/mol. The molecule has 0 saturated heterocycles. The van der Waals surface area contributed by atoms with Crippen LogP contribution in [0.2, 0.25) is 0 Å². The molecule has 2 aromatic carbocycles. The van der Waals surface area contributed by atoms with Crippen molar-refractivity contribution in [1.29, 1.82) is 0 Å². The molecule has 2 heterocycles. The molecular formula is C29H31N3O5S. The number of sulfonamides is 1. The highest BCUT2D eigenvalue weighted by Crippen LogP contribution is 2.34. The molecule has 8 nitrogen and oxygen atoms in total. The average Bonchev–Trinajstić information content (AvgIpc) is 2.93. The van der Waals surface area contributed by atoms with Crippen molar-refractivity contribution < 1.29 is 23.1 Å². The van der Waals surface area contributed by atoms with Crippen molar-refractivity contribution in [3.05, 3.63) is 89.7 Å². The monoisotopic (exact) mass is 533 g/mol. The molecule has 0 aliphatic carbocycles. The Bertz CT molecular complexity index is 1440. The van der Waals surface area contributed by atoms with Crippen LogP contribution in [0.5, 0.6) is 5.75 Å². The molecule has 198 valence electrons. The zero-order valence-electron chi connectivity index (χ0n) is 21.6. The van der Waals surface area contributed by atoms with Crippen LogP contribution >= 0.6 is 0 Å². The van der Waals surface area contributed by atoms with Crippen LogP contribution in [-0.2, 0) is 10.0 Å². The van der Waals surface area contributed by atoms with Crippen molar-refractivity contribution in [3.8, 4) is 17.6 Å². The molecular weight excluding hydrogens is 502 g/mol. The highest BCUT2D eigenvalue weighted by molar-refractivity contribution is 7.89. The van der Waals surface area contributed by atoms with Crippen LogP contribution in [-0.4, -0.2) is 72.5 Å². The number of likely N-dealkylation sites (N-methyl/N-ethyl adjacent to an activating group) is 1. The number of aliphatic hydroxyl groups excluding tert-OH is 1. The van der Waals surface area contributed by atoms with Crippen molar-refractivity contribution in [2.45, 2.75) is 30.9 Å². The summed E-state index contributed by atoms with van der Waals surface area (Å²) < 4.78 is 35.0. The van der Waals surface area contributed by atoms with E-state index < -0.39 is 22.2 Å². The first-order valence-electron chi connectivity index (χ1n) is 12.4. The third-order valence-electron chi connectivity index (χ3n) is 6.48. The fourth-order valence-electron chi connectivity index (χ4n) is 4.22. The van der Waals surface area contributed by atoms with Crippen LogP contribution in [0.1, 0.15) is 35.5 Å². The van der Waals surface area contributed by atoms with Crippen molar-refractivity contribution in [1.82, 2.24) is 14.2 Å². The van der Waals surface area contributed by atoms with E-state index in [1.54, 1.807) is 50.5 Å². The van der Waals surface area contributed by atoms with E-state index in [9.17, 15) is 18.3 Å². The molecule has 1 N–H and O–H groups in total. The van der Waals surface area contributed by atoms with E-state index in [0.29, 0.717) is 11.3 Å². The normalized spacial score (nSPS) is 19.5. The van der Waals surface area contributed by atoms with E-state index >= 15 is 0 Å². The number of hydrogen-bond acceptors (Lipinski definition) is 6. The Balaban J connectivity index is 1.72. The molecule has 1 aliphatic heterocycles. The molecule has 1 amide bonds. The van der Waals surface area contributed by atoms with Crippen molar-refractivity contribution in [2.24, 2.45) is 5.92 Å². The number of fused-ring (bicyclic) bond motifs is 1. The molecule has 0 saturated carbocycles. The zero-order valence-corrected chi connectivity index (χ0v) is 22.4. The summed E-state index contributed by atoms with van der Waals surface area (Å²) in [5, 5.41) is 9.83. The molecule has 3 aromatic rings. The molecule has 4 rings (SSSR count). The van der Waals surface area contributed by atoms with Gasteiger partial charge in [-0.15, -0.1) is 0 Å². The Kier molecular flexibility index (Phi) is 8.47. The number of aliphatic hydroxyl groups is 1. The van der Waals surface area contributed by atoms with Crippen molar-refractivity contribution in [2.75, 3.05) is 26.7 Å². The van der Waals surface area contributed by atoms with Gasteiger partial charge in [0.15, 0.2) is 0 Å². The molecule has 0 fully saturated rings. The first-order chi connectivity index (χ1) is 18.2. The molecule has 0 radical (unpaired) electrons. The van der Waals surface area contributed by atoms with Gasteiger partial charge in [0.1, 0.15) is 22.4 Å². The van der Waals surface area contributed by atoms with Crippen LogP contribution in [0.15, 0.2) is 77.8 Å². The summed E-state index contributed by atoms with van der Waals surface area (Å²) in [5.74, 6) is 5.75. The number of carbonyl (C=O) groups is 1. The minimum atomic E-state index is -3.97. The molecule has 0 spiro atoms. The van der Waals surface area contributed by atoms with Gasteiger partial charge in [-0.2, -0.15) is 4.31 Å². The first-order valence-corrected chi connectivity index (χ1v) is 13.8. The number of aromatic nitrogens is 1. The summed E-state index contributed by atoms with van der Waals surface area (Å²) in [7, 11) is -2.31. The molecule has 0 bridgehead atoms. The first kappa shape index (κ1) is 27.3. The van der Waals surface area contributed by atoms with Gasteiger partial charge in [-0.3, -0.25) is 9.78 Å². The van der Waals surface area contributed by atoms with Crippen LogP contribution in [0, 0.1) is 17.8 Å². The Labute approximate surface area is 223 Å². The Morgan fingerprint density at radius 2 is 1.84 bits per heavy atom. The summed E-state index contributed by atoms with van der Waals surface area (Å²) in [5.41, 5.74) is 1.73. The van der Waals surface area contributed by atoms with Crippen LogP contribution in [0.3, 0.4) is 0 Å². The number of amides is 1. The molecule has 0 unspecified atom stereocenters. The zero-order chi connectivity index (χ0) is 27.3. The third kappa shape index (κ3) is 6.05. The minimum Gasteiger partial charge on any atom is -0.487 e. The number of ether oxygens (including phenoxy) is 1. The number of pyridine rings is 1. The van der Waals surface area contributed by atoms with Gasteiger partial charge in [0.25, 0.3) is 5.91 Å². The Morgan fingerprint density at radius 1 is 1.13 bits per heavy atom. The third-order valence-corrected chi connectivity index (χ3v) is 8.50. The fourth-order valence-corrected chi connectivity index (χ4v) is 6.05. The lowest BCUT2D eigenvalue weighted by Gasteiger charge is -2.37. The molecule has 1 aromatic heterocycles. The lowest BCUT2D eigenvalue weighted by molar-refractivity contribution is 0.0559. The van der Waals surface area contributed by atoms with Crippen molar-refractivity contribution >= 4 is 15.9 Å². The van der Waals surface area contributed by atoms with Crippen LogP contribution < -0.4 is 4.74 Å². The number of rotatable bonds is 5. The maximum Gasteiger partial charge on any atom is 0.272 e. The SMILES string of the molecule is C[C@H](CO)N1C[C@H](C)[C@H](CN(C)C(=O)c2ccccn2)Oc2cc(C#Cc3ccccc3)ccc2S1(=O)=O. The largest absolute Gasteiger partial charge is 0.487 e. The maximum absolute atomic E-state index is 13.7. The van der Waals surface area contributed by atoms with E-state index in [4.69, 9.17) is 4.74 Å². The molecule has 1 aliphatic rings. The Morgan fingerprint density at radius 3 is 2.53 bits per heavy atom. The highest BCUT2D eigenvalue weighted by atomic mass is 32.2. The van der Waals surface area contributed by atoms with Crippen molar-refractivity contribution in [3.63, 3.8) is 0 Å². The van der Waals surface area contributed by atoms with Gasteiger partial charge in [-0.25, -0.2) is 8.42 Å². The predicted octanol–water partition coefficient (Wildman–Crippen LogP) is 3.02. The quantitative estimate of drug-likeness (QED) is 0.506. The molecule has 9 heteroatoms. The second kappa shape index (κ2) is 11.8. The highest BCUT2D eigenvalue weighted by Gasteiger charge is 2.38. The summed E-state index contributed by atoms with van der Waals surface area (Å²) in [6.45, 7) is 3.54. The van der Waals surface area contributed by atoms with E-state index in [-0.39, 0.29) is 42.2 Å². The van der Waals surface area contributed by atoms with E-state index in [2.05, 4.69) is 16.8 Å². The number of nitrogens with zero attached hydrogens (tertiary/aromatic N) is 3. The van der Waals surface area contributed by atoms with Crippen LogP contribution in [0.4, 0.5) is 0 Å². The van der Waals surface area contributed by atoms with Gasteiger partial charge in [0, 0.05) is 42.9 Å². The predicted molar refractivity (Wildman–Crippen MR) is 144 cm³/mol. The van der Waals surface area contributed by atoms with Gasteiger partial charge in [0.2, 0.25) is 10.0 Å². The summed E-state index contributed by atoms with van der Waals surface area (Å²) in [6.07, 6.45) is 1.02. The summed E-state index contributed by atoms with van der Waals surface area (Å²) >= 11 is 0. The van der Waals surface area contributed by atoms with Gasteiger partial charge in [-0.1, -0.05) is 43.0 Å². The summed E-state index contributed by atoms with van der Waals surface area (Å²) in [4.78, 5) is 18.6. The fraction of sp³-hybridized carbons (Fsp3) is 0.310. The van der Waals surface area contributed by atoms with E-state index in [0.717, 1.165) is 5.56 Å². The van der Waals surface area contributed by atoms with Gasteiger partial charge in [-0.05, 0) is 49.4 Å². The lowest BCUT2D eigenvalue weighted by atomic mass is 10.0. The summed E-state index contributed by atoms with van der Waals surface area (Å²) in [6, 6.07) is 18.7.